The Bertz CT molecular complexity index is 2630. The minimum atomic E-state index is -1.92. The molecule has 2 saturated heterocycles. The highest BCUT2D eigenvalue weighted by molar-refractivity contribution is 5.95. The minimum absolute atomic E-state index is 0.0262. The number of carbonyl (C=O) groups is 9. The summed E-state index contributed by atoms with van der Waals surface area (Å²) in [7, 11) is 5.96. The van der Waals surface area contributed by atoms with Crippen molar-refractivity contribution in [2.45, 2.75) is 180 Å². The molecular formula is C61H93N7O20. The van der Waals surface area contributed by atoms with E-state index in [2.05, 4.69) is 20.8 Å². The number of nitrogens with one attached hydrogen (secondary N) is 3. The van der Waals surface area contributed by atoms with Crippen molar-refractivity contribution in [3.63, 3.8) is 0 Å². The van der Waals surface area contributed by atoms with Crippen LogP contribution in [0.1, 0.15) is 118 Å². The predicted molar refractivity (Wildman–Crippen MR) is 317 cm³/mol. The number of ether oxygens (including phenoxy) is 6. The number of likely N-dealkylation sites (N-methyl/N-ethyl adjacent to an activating group) is 2. The van der Waals surface area contributed by atoms with Crippen molar-refractivity contribution >= 4 is 59.4 Å². The molecule has 9 N–H and O–H groups in total. The molecule has 0 bridgehead atoms. The number of nitrogens with two attached hydrogens (primary N) is 1. The molecular weight excluding hydrogens is 1150 g/mol. The summed E-state index contributed by atoms with van der Waals surface area (Å²) in [4.78, 5) is 129. The van der Waals surface area contributed by atoms with E-state index in [0.29, 0.717) is 31.4 Å². The third kappa shape index (κ3) is 20.2. The molecule has 2 fully saturated rings. The van der Waals surface area contributed by atoms with Gasteiger partial charge in [0.15, 0.2) is 11.6 Å². The first-order chi connectivity index (χ1) is 41.6. The number of aliphatic hydroxyl groups is 4. The second-order valence-electron chi connectivity index (χ2n) is 23.3. The third-order valence-corrected chi connectivity index (χ3v) is 16.4. The summed E-state index contributed by atoms with van der Waals surface area (Å²) in [5.41, 5.74) is 0.792. The average Bonchev–Trinajstić information content (AvgIpc) is 1.46. The second kappa shape index (κ2) is 35.5. The van der Waals surface area contributed by atoms with Crippen LogP contribution in [0.5, 0.6) is 5.75 Å². The zero-order valence-corrected chi connectivity index (χ0v) is 52.5. The summed E-state index contributed by atoms with van der Waals surface area (Å²) in [5, 5.41) is 50.5. The van der Waals surface area contributed by atoms with Crippen LogP contribution in [0, 0.1) is 29.6 Å². The zero-order chi connectivity index (χ0) is 65.7. The van der Waals surface area contributed by atoms with Crippen molar-refractivity contribution in [2.75, 3.05) is 53.3 Å². The molecule has 2 aliphatic rings. The van der Waals surface area contributed by atoms with E-state index < -0.39 is 140 Å². The number of methoxy groups -OCH3 is 2. The lowest BCUT2D eigenvalue weighted by molar-refractivity contribution is -0.321. The van der Waals surface area contributed by atoms with Crippen LogP contribution in [0.25, 0.3) is 0 Å². The molecule has 0 radical (unpaired) electrons. The molecule has 15 atom stereocenters. The van der Waals surface area contributed by atoms with Crippen LogP contribution in [0.4, 0.5) is 10.5 Å². The molecule has 2 aromatic carbocycles. The topological polar surface area (TPSA) is 371 Å². The van der Waals surface area contributed by atoms with Gasteiger partial charge in [0.05, 0.1) is 61.4 Å². The Morgan fingerprint density at radius 2 is 1.51 bits per heavy atom. The van der Waals surface area contributed by atoms with Crippen molar-refractivity contribution in [1.82, 2.24) is 25.3 Å². The van der Waals surface area contributed by atoms with Crippen LogP contribution in [0.2, 0.25) is 0 Å². The van der Waals surface area contributed by atoms with Crippen LogP contribution in [-0.4, -0.2) is 204 Å². The molecule has 6 amide bonds. The highest BCUT2D eigenvalue weighted by atomic mass is 16.8. The fourth-order valence-electron chi connectivity index (χ4n) is 11.3. The van der Waals surface area contributed by atoms with E-state index in [1.54, 1.807) is 68.8 Å². The molecule has 27 nitrogen and oxygen atoms in total. The maximum atomic E-state index is 14.9. The summed E-state index contributed by atoms with van der Waals surface area (Å²) in [6.45, 7) is 13.3. The number of ketones is 2. The van der Waals surface area contributed by atoms with Gasteiger partial charge >= 0.3 is 6.09 Å². The second-order valence-corrected chi connectivity index (χ2v) is 23.3. The van der Waals surface area contributed by atoms with Gasteiger partial charge in [0, 0.05) is 71.3 Å². The van der Waals surface area contributed by atoms with Gasteiger partial charge in [0.1, 0.15) is 37.3 Å². The molecule has 88 heavy (non-hydrogen) atoms. The fraction of sp³-hybridized carbons (Fsp3) is 0.656. The summed E-state index contributed by atoms with van der Waals surface area (Å²) in [5.74, 6) is -1.16. The quantitative estimate of drug-likeness (QED) is 0.0362. The van der Waals surface area contributed by atoms with Crippen molar-refractivity contribution in [3.05, 3.63) is 59.7 Å². The molecule has 0 aliphatic carbocycles. The van der Waals surface area contributed by atoms with E-state index >= 15 is 0 Å². The summed E-state index contributed by atoms with van der Waals surface area (Å²) < 4.78 is 33.9. The Morgan fingerprint density at radius 3 is 2.11 bits per heavy atom. The van der Waals surface area contributed by atoms with Gasteiger partial charge in [-0.1, -0.05) is 85.2 Å². The molecule has 0 spiro atoms. The largest absolute Gasteiger partial charge is 0.461 e. The average molecular weight is 1240 g/mol. The number of nitrogens with zero attached hydrogens (tertiary/aromatic N) is 3. The summed E-state index contributed by atoms with van der Waals surface area (Å²) in [6, 6.07) is 10.1. The third-order valence-electron chi connectivity index (χ3n) is 16.4. The number of hydrogen-bond donors (Lipinski definition) is 8. The van der Waals surface area contributed by atoms with Crippen molar-refractivity contribution in [3.8, 4) is 5.75 Å². The number of Topliss-reactive ketones (excluding diaryl/α,β-unsaturated/α-hetero) is 2. The van der Waals surface area contributed by atoms with E-state index in [4.69, 9.17) is 34.3 Å². The maximum Gasteiger partial charge on any atom is 0.410 e. The Labute approximate surface area is 514 Å². The molecule has 0 aromatic heterocycles. The zero-order valence-electron chi connectivity index (χ0n) is 52.5. The molecule has 4 rings (SSSR count). The van der Waals surface area contributed by atoms with E-state index in [1.165, 1.54) is 39.5 Å². The Balaban J connectivity index is 1.51. The predicted octanol–water partition coefficient (Wildman–Crippen LogP) is 2.28. The SMILES string of the molecule is CC[C@H](C)[C@@H]([C@@H](CC(=O)N1CCC[C@H]1[C@H](OC)[C@@H](C)C(=O)N[C@H](C)[C@@H](O)c1ccccc1)OC)N(C)C(=O)[C@@H](CC(=O)[C@H](C(C)C)N(C)C(=O)OCc1cc(NC(=O)CCC(=O)CNC(=O)CON)ccc1O[C@@H]1OC(OC=O)[C@@H](O)[C@H](O)C1O)C(C)C. The Morgan fingerprint density at radius 1 is 0.841 bits per heavy atom. The molecule has 2 aromatic rings. The van der Waals surface area contributed by atoms with Gasteiger partial charge in [-0.15, -0.1) is 0 Å². The van der Waals surface area contributed by atoms with Crippen LogP contribution in [-0.2, 0) is 73.5 Å². The lowest BCUT2D eigenvalue weighted by Gasteiger charge is -2.41. The summed E-state index contributed by atoms with van der Waals surface area (Å²) >= 11 is 0. The molecule has 2 aliphatic heterocycles. The van der Waals surface area contributed by atoms with Gasteiger partial charge in [-0.3, -0.25) is 47.9 Å². The molecule has 2 unspecified atom stereocenters. The fourth-order valence-corrected chi connectivity index (χ4v) is 11.3. The van der Waals surface area contributed by atoms with Gasteiger partial charge in [-0.25, -0.2) is 10.7 Å². The first-order valence-electron chi connectivity index (χ1n) is 29.7. The number of carbonyl (C=O) groups excluding carboxylic acids is 9. The Hall–Kier alpha value is -6.69. The van der Waals surface area contributed by atoms with Crippen LogP contribution < -0.4 is 26.6 Å². The number of aliphatic hydroxyl groups excluding tert-OH is 4. The smallest absolute Gasteiger partial charge is 0.410 e. The van der Waals surface area contributed by atoms with E-state index in [9.17, 15) is 63.6 Å². The molecule has 492 valence electrons. The van der Waals surface area contributed by atoms with Crippen molar-refractivity contribution in [2.24, 2.45) is 35.5 Å². The van der Waals surface area contributed by atoms with Crippen molar-refractivity contribution < 1.29 is 96.8 Å². The van der Waals surface area contributed by atoms with E-state index in [0.717, 1.165) is 4.90 Å². The van der Waals surface area contributed by atoms with E-state index in [-0.39, 0.29) is 79.3 Å². The van der Waals surface area contributed by atoms with Gasteiger partial charge in [0.25, 0.3) is 6.47 Å². The van der Waals surface area contributed by atoms with Crippen LogP contribution >= 0.6 is 0 Å². The normalized spacial score (nSPS) is 21.5. The highest BCUT2D eigenvalue weighted by Crippen LogP contribution is 2.33. The standard InChI is InChI=1S/C61H93N7O20/c1-13-35(6)51(46(82-11)28-49(74)68-25-17-20-43(68)56(83-12)36(7)57(79)64-37(8)52(75)38-18-15-14-16-19-38)66(9)58(80)42(33(2)3)27-44(71)50(34(4)5)67(10)61(81)84-30-39-26-40(65-47(72)24-22-41(70)29-63-48(73)31-86-62)21-23-45(39)87-60-55(78)53(76)54(77)59(88-60)85-32-69/h14-16,18-19,21,23,26,32-37,42-43,46,50-56,59-60,75-78H,13,17,20,22,24-25,27-31,62H2,1-12H3,(H,63,73)(H,64,79)(H,65,72)/t35-,36+,37+,42-,43-,46+,50-,51-,52+,53-,54-,55?,56+,59?,60+/m0/s1. The lowest BCUT2D eigenvalue weighted by atomic mass is 9.83. The first-order valence-corrected chi connectivity index (χ1v) is 29.7. The number of anilines is 1. The number of hydrogen-bond acceptors (Lipinski definition) is 21. The number of benzene rings is 2. The molecule has 27 heteroatoms. The maximum absolute atomic E-state index is 14.9. The van der Waals surface area contributed by atoms with Gasteiger partial charge in [-0.2, -0.15) is 0 Å². The van der Waals surface area contributed by atoms with E-state index in [1.807, 2.05) is 33.8 Å². The monoisotopic (exact) mass is 1240 g/mol. The van der Waals surface area contributed by atoms with Crippen LogP contribution in [0.15, 0.2) is 48.5 Å². The lowest BCUT2D eigenvalue weighted by Crippen LogP contribution is -2.59. The van der Waals surface area contributed by atoms with Gasteiger partial charge in [0.2, 0.25) is 42.1 Å². The van der Waals surface area contributed by atoms with Gasteiger partial charge in [-0.05, 0) is 61.3 Å². The first kappa shape index (κ1) is 73.8. The molecule has 0 saturated carbocycles. The highest BCUT2D eigenvalue weighted by Gasteiger charge is 2.47. The molecule has 2 heterocycles. The number of rotatable bonds is 35. The van der Waals surface area contributed by atoms with Crippen molar-refractivity contribution in [1.29, 1.82) is 0 Å². The van der Waals surface area contributed by atoms with Crippen LogP contribution in [0.3, 0.4) is 0 Å². The number of amides is 6. The minimum Gasteiger partial charge on any atom is -0.461 e. The Kier molecular flexibility index (Phi) is 29.8. The summed E-state index contributed by atoms with van der Waals surface area (Å²) in [6.07, 6.45) is -11.8. The van der Waals surface area contributed by atoms with Gasteiger partial charge < -0.3 is 74.8 Å². The number of likely N-dealkylation sites (tertiary alicyclic amines) is 1.